The Hall–Kier alpha value is -1.49. The molecule has 0 saturated heterocycles. The molecule has 0 spiro atoms. The molecule has 0 fully saturated rings. The molecule has 1 rings (SSSR count). The minimum atomic E-state index is 0.0894. The average molecular weight is 162 g/mol. The summed E-state index contributed by atoms with van der Waals surface area (Å²) in [5, 5.41) is 0. The van der Waals surface area contributed by atoms with Gasteiger partial charge in [-0.15, -0.1) is 11.8 Å². The fraction of sp³-hybridized carbons (Fsp3) is 0.300. The summed E-state index contributed by atoms with van der Waals surface area (Å²) in [7, 11) is 0. The Kier molecular flexibility index (Phi) is 3.16. The highest BCUT2D eigenvalue weighted by Gasteiger charge is 2.04. The summed E-state index contributed by atoms with van der Waals surface area (Å²) >= 11 is 0. The van der Waals surface area contributed by atoms with E-state index in [1.807, 2.05) is 0 Å². The number of carbonyl (C=O) groups is 1. The first-order chi connectivity index (χ1) is 5.84. The topological polar surface area (TPSA) is 30.2 Å². The first kappa shape index (κ1) is 8.61. The molecule has 1 aromatic rings. The highest BCUT2D eigenvalue weighted by molar-refractivity contribution is 5.95. The molecule has 0 amide bonds. The third-order valence-electron chi connectivity index (χ3n) is 1.50. The molecule has 2 heteroatoms. The number of hydrogen-bond donors (Lipinski definition) is 0. The van der Waals surface area contributed by atoms with E-state index in [4.69, 9.17) is 4.42 Å². The van der Waals surface area contributed by atoms with Crippen molar-refractivity contribution in [3.8, 4) is 11.8 Å². The third-order valence-corrected chi connectivity index (χ3v) is 1.50. The van der Waals surface area contributed by atoms with Gasteiger partial charge in [-0.05, 0) is 13.0 Å². The van der Waals surface area contributed by atoms with Crippen LogP contribution in [0.5, 0.6) is 0 Å². The Labute approximate surface area is 71.6 Å². The number of furan rings is 1. The molecule has 2 nitrogen and oxygen atoms in total. The van der Waals surface area contributed by atoms with E-state index in [1.54, 1.807) is 13.0 Å². The molecule has 0 radical (unpaired) electrons. The number of ketones is 1. The predicted octanol–water partition coefficient (Wildman–Crippen LogP) is 2.27. The Morgan fingerprint density at radius 1 is 1.67 bits per heavy atom. The summed E-state index contributed by atoms with van der Waals surface area (Å²) in [6, 6.07) is 1.67. The maximum Gasteiger partial charge on any atom is 0.167 e. The lowest BCUT2D eigenvalue weighted by atomic mass is 10.1. The maximum absolute atomic E-state index is 11.3. The van der Waals surface area contributed by atoms with Gasteiger partial charge < -0.3 is 4.42 Å². The zero-order valence-electron chi connectivity index (χ0n) is 6.96. The normalized spacial score (nSPS) is 8.75. The van der Waals surface area contributed by atoms with E-state index in [2.05, 4.69) is 11.8 Å². The van der Waals surface area contributed by atoms with Gasteiger partial charge in [-0.3, -0.25) is 4.79 Å². The van der Waals surface area contributed by atoms with Gasteiger partial charge in [0.2, 0.25) is 0 Å². The summed E-state index contributed by atoms with van der Waals surface area (Å²) < 4.78 is 4.79. The SMILES string of the molecule is CC#CCCC(=O)c1ccoc1. The minimum Gasteiger partial charge on any atom is -0.472 e. The van der Waals surface area contributed by atoms with Crippen LogP contribution in [0, 0.1) is 11.8 Å². The first-order valence-corrected chi connectivity index (χ1v) is 3.79. The zero-order chi connectivity index (χ0) is 8.81. The molecule has 1 heterocycles. The zero-order valence-corrected chi connectivity index (χ0v) is 6.96. The van der Waals surface area contributed by atoms with E-state index in [0.29, 0.717) is 18.4 Å². The van der Waals surface area contributed by atoms with Crippen LogP contribution in [0.4, 0.5) is 0 Å². The van der Waals surface area contributed by atoms with Gasteiger partial charge in [-0.2, -0.15) is 0 Å². The summed E-state index contributed by atoms with van der Waals surface area (Å²) in [5.74, 6) is 5.67. The van der Waals surface area contributed by atoms with Crippen molar-refractivity contribution >= 4 is 5.78 Å². The summed E-state index contributed by atoms with van der Waals surface area (Å²) in [4.78, 5) is 11.3. The molecule has 0 bridgehead atoms. The largest absolute Gasteiger partial charge is 0.472 e. The number of Topliss-reactive ketones (excluding diaryl/α,β-unsaturated/α-hetero) is 1. The van der Waals surface area contributed by atoms with Gasteiger partial charge >= 0.3 is 0 Å². The standard InChI is InChI=1S/C10H10O2/c1-2-3-4-5-10(11)9-6-7-12-8-9/h6-8H,4-5H2,1H3. The van der Waals surface area contributed by atoms with Gasteiger partial charge in [-0.25, -0.2) is 0 Å². The molecule has 0 unspecified atom stereocenters. The third kappa shape index (κ3) is 2.28. The van der Waals surface area contributed by atoms with Crippen molar-refractivity contribution in [3.05, 3.63) is 24.2 Å². The summed E-state index contributed by atoms with van der Waals surface area (Å²) in [6.07, 6.45) is 4.06. The van der Waals surface area contributed by atoms with Crippen molar-refractivity contribution in [1.82, 2.24) is 0 Å². The molecule has 12 heavy (non-hydrogen) atoms. The second kappa shape index (κ2) is 4.40. The van der Waals surface area contributed by atoms with Crippen LogP contribution < -0.4 is 0 Å². The van der Waals surface area contributed by atoms with Crippen molar-refractivity contribution in [2.24, 2.45) is 0 Å². The van der Waals surface area contributed by atoms with Crippen LogP contribution in [-0.4, -0.2) is 5.78 Å². The number of rotatable bonds is 3. The van der Waals surface area contributed by atoms with Gasteiger partial charge in [0.15, 0.2) is 5.78 Å². The van der Waals surface area contributed by atoms with Crippen molar-refractivity contribution in [2.75, 3.05) is 0 Å². The molecule has 0 aliphatic rings. The van der Waals surface area contributed by atoms with Crippen molar-refractivity contribution in [2.45, 2.75) is 19.8 Å². The maximum atomic E-state index is 11.3. The molecule has 1 aromatic heterocycles. The van der Waals surface area contributed by atoms with E-state index in [-0.39, 0.29) is 5.78 Å². The van der Waals surface area contributed by atoms with Crippen LogP contribution in [0.3, 0.4) is 0 Å². The quantitative estimate of drug-likeness (QED) is 0.504. The first-order valence-electron chi connectivity index (χ1n) is 3.79. The smallest absolute Gasteiger partial charge is 0.167 e. The van der Waals surface area contributed by atoms with Crippen LogP contribution in [0.15, 0.2) is 23.0 Å². The van der Waals surface area contributed by atoms with E-state index in [9.17, 15) is 4.79 Å². The molecular formula is C10H10O2. The number of carbonyl (C=O) groups excluding carboxylic acids is 1. The Balaban J connectivity index is 2.43. The predicted molar refractivity (Wildman–Crippen MR) is 45.7 cm³/mol. The Bertz CT molecular complexity index is 298. The van der Waals surface area contributed by atoms with E-state index < -0.39 is 0 Å². The van der Waals surface area contributed by atoms with Gasteiger partial charge in [0.25, 0.3) is 0 Å². The van der Waals surface area contributed by atoms with Crippen LogP contribution in [-0.2, 0) is 0 Å². The van der Waals surface area contributed by atoms with E-state index in [0.717, 1.165) is 0 Å². The van der Waals surface area contributed by atoms with Crippen molar-refractivity contribution < 1.29 is 9.21 Å². The van der Waals surface area contributed by atoms with Crippen LogP contribution >= 0.6 is 0 Å². The minimum absolute atomic E-state index is 0.0894. The Morgan fingerprint density at radius 2 is 2.50 bits per heavy atom. The lowest BCUT2D eigenvalue weighted by molar-refractivity contribution is 0.0983. The molecule has 0 aromatic carbocycles. The van der Waals surface area contributed by atoms with Gasteiger partial charge in [0.1, 0.15) is 6.26 Å². The fourth-order valence-electron chi connectivity index (χ4n) is 0.868. The second-order valence-corrected chi connectivity index (χ2v) is 2.36. The van der Waals surface area contributed by atoms with Gasteiger partial charge in [0.05, 0.1) is 11.8 Å². The van der Waals surface area contributed by atoms with Crippen LogP contribution in [0.2, 0.25) is 0 Å². The molecular weight excluding hydrogens is 152 g/mol. The van der Waals surface area contributed by atoms with Crippen molar-refractivity contribution in [1.29, 1.82) is 0 Å². The number of hydrogen-bond acceptors (Lipinski definition) is 2. The summed E-state index contributed by atoms with van der Waals surface area (Å²) in [6.45, 7) is 1.77. The monoisotopic (exact) mass is 162 g/mol. The second-order valence-electron chi connectivity index (χ2n) is 2.36. The van der Waals surface area contributed by atoms with E-state index in [1.165, 1.54) is 12.5 Å². The van der Waals surface area contributed by atoms with Crippen LogP contribution in [0.1, 0.15) is 30.1 Å². The van der Waals surface area contributed by atoms with Gasteiger partial charge in [-0.1, -0.05) is 0 Å². The highest BCUT2D eigenvalue weighted by atomic mass is 16.3. The average Bonchev–Trinajstić information content (AvgIpc) is 2.56. The van der Waals surface area contributed by atoms with E-state index >= 15 is 0 Å². The molecule has 0 atom stereocenters. The van der Waals surface area contributed by atoms with Gasteiger partial charge in [0, 0.05) is 12.8 Å². The van der Waals surface area contributed by atoms with Crippen LogP contribution in [0.25, 0.3) is 0 Å². The lowest BCUT2D eigenvalue weighted by Gasteiger charge is -1.90. The Morgan fingerprint density at radius 3 is 3.08 bits per heavy atom. The molecule has 0 aliphatic carbocycles. The molecule has 0 N–H and O–H groups in total. The molecule has 0 aliphatic heterocycles. The summed E-state index contributed by atoms with van der Waals surface area (Å²) in [5.41, 5.74) is 0.632. The highest BCUT2D eigenvalue weighted by Crippen LogP contribution is 2.05. The molecule has 0 saturated carbocycles. The fourth-order valence-corrected chi connectivity index (χ4v) is 0.868. The molecule has 62 valence electrons. The van der Waals surface area contributed by atoms with Crippen molar-refractivity contribution in [3.63, 3.8) is 0 Å². The lowest BCUT2D eigenvalue weighted by Crippen LogP contribution is -1.95.